The van der Waals surface area contributed by atoms with E-state index in [4.69, 9.17) is 27.9 Å². The zero-order valence-corrected chi connectivity index (χ0v) is 25.1. The molecule has 4 nitrogen and oxygen atoms in total. The fraction of sp³-hybridized carbons (Fsp3) is 0.286. The van der Waals surface area contributed by atoms with Crippen LogP contribution in [0.3, 0.4) is 0 Å². The van der Waals surface area contributed by atoms with Gasteiger partial charge in [0.25, 0.3) is 0 Å². The number of fused-ring (bicyclic) bond motifs is 1. The van der Waals surface area contributed by atoms with Crippen LogP contribution in [-0.2, 0) is 11.2 Å². The summed E-state index contributed by atoms with van der Waals surface area (Å²) in [5.41, 5.74) is 8.81. The molecule has 7 heteroatoms. The van der Waals surface area contributed by atoms with Gasteiger partial charge >= 0.3 is 5.97 Å². The molecule has 3 aromatic rings. The highest BCUT2D eigenvalue weighted by molar-refractivity contribution is 6.36. The van der Waals surface area contributed by atoms with Crippen molar-refractivity contribution in [3.05, 3.63) is 123 Å². The maximum atomic E-state index is 12.7. The van der Waals surface area contributed by atoms with Gasteiger partial charge in [-0.25, -0.2) is 4.79 Å². The number of allylic oxidation sites excluding steroid dienone is 3. The van der Waals surface area contributed by atoms with E-state index in [0.29, 0.717) is 22.4 Å². The number of likely N-dealkylation sites (tertiary alicyclic amines) is 1. The zero-order chi connectivity index (χ0) is 29.6. The van der Waals surface area contributed by atoms with Gasteiger partial charge in [-0.15, -0.1) is 0 Å². The average molecular weight is 607 g/mol. The minimum absolute atomic E-state index is 0.288. The van der Waals surface area contributed by atoms with Crippen molar-refractivity contribution in [2.75, 3.05) is 33.4 Å². The van der Waals surface area contributed by atoms with Crippen LogP contribution in [0.4, 0.5) is 4.39 Å². The van der Waals surface area contributed by atoms with Gasteiger partial charge in [-0.3, -0.25) is 4.39 Å². The first-order valence-corrected chi connectivity index (χ1v) is 15.0. The minimum atomic E-state index is -0.931. The number of hydrogen-bond acceptors (Lipinski definition) is 3. The highest BCUT2D eigenvalue weighted by Gasteiger charge is 2.30. The molecule has 3 aromatic carbocycles. The van der Waals surface area contributed by atoms with E-state index in [1.54, 1.807) is 31.6 Å². The van der Waals surface area contributed by atoms with Crippen LogP contribution in [0.5, 0.6) is 0 Å². The summed E-state index contributed by atoms with van der Waals surface area (Å²) in [7, 11) is 1.63. The Bertz CT molecular complexity index is 1540. The van der Waals surface area contributed by atoms with Crippen molar-refractivity contribution in [1.82, 2.24) is 4.90 Å². The molecule has 1 saturated heterocycles. The van der Waals surface area contributed by atoms with Gasteiger partial charge in [0, 0.05) is 35.6 Å². The molecule has 218 valence electrons. The number of rotatable bonds is 10. The van der Waals surface area contributed by atoms with Crippen molar-refractivity contribution in [2.45, 2.75) is 25.7 Å². The molecule has 0 bridgehead atoms. The van der Waals surface area contributed by atoms with Crippen molar-refractivity contribution >= 4 is 45.9 Å². The Morgan fingerprint density at radius 1 is 1.02 bits per heavy atom. The smallest absolute Gasteiger partial charge is 0.335 e. The molecule has 1 fully saturated rings. The number of carbonyl (C=O) groups is 1. The first kappa shape index (κ1) is 30.1. The Labute approximate surface area is 256 Å². The molecule has 0 atom stereocenters. The summed E-state index contributed by atoms with van der Waals surface area (Å²) in [6.45, 7) is 2.29. The third kappa shape index (κ3) is 6.64. The van der Waals surface area contributed by atoms with Crippen LogP contribution in [0, 0.1) is 5.92 Å². The molecule has 5 rings (SSSR count). The molecule has 1 N–H and O–H groups in total. The number of alkyl halides is 1. The molecular formula is C35H34Cl2FNO3. The number of aryl methyl sites for hydroxylation is 1. The zero-order valence-electron chi connectivity index (χ0n) is 23.6. The molecule has 1 aliphatic carbocycles. The maximum absolute atomic E-state index is 12.7. The predicted octanol–water partition coefficient (Wildman–Crippen LogP) is 8.82. The summed E-state index contributed by atoms with van der Waals surface area (Å²) >= 11 is 13.0. The van der Waals surface area contributed by atoms with E-state index in [1.165, 1.54) is 5.57 Å². The molecule has 1 heterocycles. The SMILES string of the molecule is CO/C=C/C=C(/c1ccc(C2=C(c3ccc(Cl)cc3Cl)CCCc3cc(C(=O)O)ccc32)cc1)C1CN(CCCF)C1. The maximum Gasteiger partial charge on any atom is 0.335 e. The highest BCUT2D eigenvalue weighted by atomic mass is 35.5. The van der Waals surface area contributed by atoms with Crippen LogP contribution in [0.1, 0.15) is 57.4 Å². The second-order valence-corrected chi connectivity index (χ2v) is 11.6. The molecule has 0 aromatic heterocycles. The lowest BCUT2D eigenvalue weighted by molar-refractivity contribution is 0.0696. The van der Waals surface area contributed by atoms with Crippen molar-refractivity contribution in [3.8, 4) is 0 Å². The lowest BCUT2D eigenvalue weighted by Crippen LogP contribution is -2.47. The lowest BCUT2D eigenvalue weighted by atomic mass is 9.84. The number of carboxylic acid groups (broad SMARTS) is 1. The highest BCUT2D eigenvalue weighted by Crippen LogP contribution is 2.43. The van der Waals surface area contributed by atoms with Crippen LogP contribution in [0.15, 0.2) is 79.1 Å². The summed E-state index contributed by atoms with van der Waals surface area (Å²) < 4.78 is 17.8. The van der Waals surface area contributed by atoms with Crippen molar-refractivity contribution in [1.29, 1.82) is 0 Å². The Hall–Kier alpha value is -3.38. The van der Waals surface area contributed by atoms with Crippen LogP contribution < -0.4 is 0 Å². The predicted molar refractivity (Wildman–Crippen MR) is 170 cm³/mol. The summed E-state index contributed by atoms with van der Waals surface area (Å²) in [4.78, 5) is 14.0. The quantitative estimate of drug-likeness (QED) is 0.185. The van der Waals surface area contributed by atoms with E-state index < -0.39 is 5.97 Å². The second kappa shape index (κ2) is 13.7. The van der Waals surface area contributed by atoms with Gasteiger partial charge in [-0.2, -0.15) is 0 Å². The van der Waals surface area contributed by atoms with Crippen LogP contribution >= 0.6 is 23.2 Å². The minimum Gasteiger partial charge on any atom is -0.504 e. The van der Waals surface area contributed by atoms with Gasteiger partial charge in [-0.1, -0.05) is 65.7 Å². The number of halogens is 3. The van der Waals surface area contributed by atoms with E-state index in [1.807, 2.05) is 24.3 Å². The van der Waals surface area contributed by atoms with Gasteiger partial charge in [0.05, 0.1) is 25.6 Å². The van der Waals surface area contributed by atoms with E-state index in [-0.39, 0.29) is 12.2 Å². The molecule has 0 amide bonds. The van der Waals surface area contributed by atoms with Crippen LogP contribution in [-0.4, -0.2) is 49.4 Å². The Balaban J connectivity index is 1.58. The number of aromatic carboxylic acids is 1. The molecule has 1 aliphatic heterocycles. The summed E-state index contributed by atoms with van der Waals surface area (Å²) in [5, 5.41) is 10.8. The van der Waals surface area contributed by atoms with Crippen molar-refractivity contribution in [3.63, 3.8) is 0 Å². The Morgan fingerprint density at radius 2 is 1.76 bits per heavy atom. The van der Waals surface area contributed by atoms with Crippen molar-refractivity contribution < 1.29 is 19.0 Å². The van der Waals surface area contributed by atoms with E-state index in [9.17, 15) is 14.3 Å². The number of ether oxygens (including phenoxy) is 1. The van der Waals surface area contributed by atoms with Gasteiger partial charge in [0.2, 0.25) is 0 Å². The Morgan fingerprint density at radius 3 is 2.45 bits per heavy atom. The number of benzene rings is 3. The fourth-order valence-electron chi connectivity index (χ4n) is 6.01. The van der Waals surface area contributed by atoms with E-state index in [0.717, 1.165) is 77.9 Å². The van der Waals surface area contributed by atoms with Gasteiger partial charge in [0.15, 0.2) is 0 Å². The lowest BCUT2D eigenvalue weighted by Gasteiger charge is -2.40. The molecule has 42 heavy (non-hydrogen) atoms. The molecule has 0 unspecified atom stereocenters. The molecule has 2 aliphatic rings. The number of methoxy groups -OCH3 is 1. The molecular weight excluding hydrogens is 572 g/mol. The third-order valence-electron chi connectivity index (χ3n) is 8.05. The standard InChI is InChI=1S/C35H34Cl2FNO3/c1-42-18-3-7-29(27-21-39(22-27)17-4-16-38)23-8-10-24(11-9-23)34-30-14-12-26(35(40)41)19-25(30)5-2-6-32(34)31-15-13-28(36)20-33(31)37/h3,7-15,18-20,27H,2,4-6,16-17,21-22H2,1H3,(H,40,41)/b18-3+,29-7-. The van der Waals surface area contributed by atoms with E-state index in [2.05, 4.69) is 35.2 Å². The first-order chi connectivity index (χ1) is 20.4. The van der Waals surface area contributed by atoms with Gasteiger partial charge in [0.1, 0.15) is 0 Å². The first-order valence-electron chi connectivity index (χ1n) is 14.2. The number of nitrogens with zero attached hydrogens (tertiary/aromatic N) is 1. The molecule has 0 spiro atoms. The normalized spacial score (nSPS) is 16.3. The van der Waals surface area contributed by atoms with Crippen LogP contribution in [0.25, 0.3) is 16.7 Å². The van der Waals surface area contributed by atoms with E-state index >= 15 is 0 Å². The van der Waals surface area contributed by atoms with Gasteiger partial charge in [-0.05, 0) is 101 Å². The average Bonchev–Trinajstić information content (AvgIpc) is 3.14. The topological polar surface area (TPSA) is 49.8 Å². The second-order valence-electron chi connectivity index (χ2n) is 10.8. The monoisotopic (exact) mass is 605 g/mol. The molecule has 0 saturated carbocycles. The largest absolute Gasteiger partial charge is 0.504 e. The summed E-state index contributed by atoms with van der Waals surface area (Å²) in [6, 6.07) is 19.6. The number of hydrogen-bond donors (Lipinski definition) is 1. The van der Waals surface area contributed by atoms with Crippen LogP contribution in [0.2, 0.25) is 10.0 Å². The molecule has 0 radical (unpaired) electrons. The Kier molecular flexibility index (Phi) is 9.84. The number of carboxylic acids is 1. The summed E-state index contributed by atoms with van der Waals surface area (Å²) in [6.07, 6.45) is 8.67. The third-order valence-corrected chi connectivity index (χ3v) is 8.60. The summed E-state index contributed by atoms with van der Waals surface area (Å²) in [5.74, 6) is -0.577. The van der Waals surface area contributed by atoms with Crippen molar-refractivity contribution in [2.24, 2.45) is 5.92 Å². The van der Waals surface area contributed by atoms with Gasteiger partial charge < -0.3 is 14.7 Å². The fourth-order valence-corrected chi connectivity index (χ4v) is 6.53.